The minimum atomic E-state index is -0.247. The molecule has 0 unspecified atom stereocenters. The van der Waals surface area contributed by atoms with Gasteiger partial charge < -0.3 is 0 Å². The lowest BCUT2D eigenvalue weighted by atomic mass is 10.0. The Balaban J connectivity index is 1.44. The summed E-state index contributed by atoms with van der Waals surface area (Å²) in [5.41, 5.74) is 5.75. The van der Waals surface area contributed by atoms with Gasteiger partial charge in [0, 0.05) is 23.7 Å². The average Bonchev–Trinajstić information content (AvgIpc) is 3.30. The van der Waals surface area contributed by atoms with Crippen molar-refractivity contribution in [2.75, 3.05) is 5.32 Å². The van der Waals surface area contributed by atoms with Gasteiger partial charge in [0.05, 0.1) is 5.69 Å². The van der Waals surface area contributed by atoms with Crippen LogP contribution in [0, 0.1) is 6.92 Å². The second kappa shape index (κ2) is 7.78. The topological polar surface area (TPSA) is 59.8 Å². The van der Waals surface area contributed by atoms with Crippen LogP contribution in [-0.4, -0.2) is 20.7 Å². The van der Waals surface area contributed by atoms with Crippen molar-refractivity contribution in [3.8, 4) is 11.3 Å². The molecule has 1 N–H and O–H groups in total. The van der Waals surface area contributed by atoms with Crippen LogP contribution in [-0.2, 0) is 13.5 Å². The minimum absolute atomic E-state index is 0.247. The number of rotatable bonds is 5. The van der Waals surface area contributed by atoms with Crippen LogP contribution in [0.5, 0.6) is 0 Å². The molecule has 0 bridgehead atoms. The highest BCUT2D eigenvalue weighted by Gasteiger charge is 2.13. The summed E-state index contributed by atoms with van der Waals surface area (Å²) in [6.45, 7) is 1.91. The predicted molar refractivity (Wildman–Crippen MR) is 113 cm³/mol. The fourth-order valence-electron chi connectivity index (χ4n) is 2.92. The van der Waals surface area contributed by atoms with Crippen molar-refractivity contribution in [3.05, 3.63) is 88.6 Å². The van der Waals surface area contributed by atoms with Crippen LogP contribution < -0.4 is 5.32 Å². The summed E-state index contributed by atoms with van der Waals surface area (Å²) in [6, 6.07) is 20.5. The van der Waals surface area contributed by atoms with Crippen molar-refractivity contribution in [1.82, 2.24) is 14.8 Å². The Kier molecular flexibility index (Phi) is 5.04. The number of anilines is 1. The minimum Gasteiger partial charge on any atom is -0.296 e. The molecular weight excluding hydrogens is 368 g/mol. The van der Waals surface area contributed by atoms with Crippen molar-refractivity contribution in [2.45, 2.75) is 13.3 Å². The molecule has 6 heteroatoms. The molecule has 0 aliphatic rings. The molecule has 0 radical (unpaired) electrons. The lowest BCUT2D eigenvalue weighted by Gasteiger charge is -2.03. The van der Waals surface area contributed by atoms with Crippen LogP contribution >= 0.6 is 11.3 Å². The molecule has 140 valence electrons. The van der Waals surface area contributed by atoms with Crippen molar-refractivity contribution in [1.29, 1.82) is 0 Å². The smallest absolute Gasteiger partial charge is 0.277 e. The van der Waals surface area contributed by atoms with Gasteiger partial charge in [0.25, 0.3) is 5.91 Å². The maximum Gasteiger partial charge on any atom is 0.277 e. The highest BCUT2D eigenvalue weighted by molar-refractivity contribution is 7.14. The molecule has 2 heterocycles. The summed E-state index contributed by atoms with van der Waals surface area (Å²) < 4.78 is 1.68. The van der Waals surface area contributed by atoms with Gasteiger partial charge in [-0.05, 0) is 30.5 Å². The van der Waals surface area contributed by atoms with Gasteiger partial charge in [-0.2, -0.15) is 5.10 Å². The molecule has 28 heavy (non-hydrogen) atoms. The normalized spacial score (nSPS) is 10.8. The van der Waals surface area contributed by atoms with Crippen molar-refractivity contribution in [3.63, 3.8) is 0 Å². The fraction of sp³-hybridized carbons (Fsp3) is 0.136. The molecule has 4 rings (SSSR count). The van der Waals surface area contributed by atoms with Gasteiger partial charge in [-0.25, -0.2) is 4.98 Å². The van der Waals surface area contributed by atoms with Gasteiger partial charge in [-0.1, -0.05) is 54.6 Å². The Bertz CT molecular complexity index is 1080. The number of nitrogens with zero attached hydrogens (tertiary/aromatic N) is 3. The highest BCUT2D eigenvalue weighted by Crippen LogP contribution is 2.26. The first kappa shape index (κ1) is 18.1. The number of carbonyl (C=O) groups excluding carboxylic acids is 1. The lowest BCUT2D eigenvalue weighted by Crippen LogP contribution is -2.12. The zero-order valence-corrected chi connectivity index (χ0v) is 16.5. The molecule has 0 aliphatic carbocycles. The summed E-state index contributed by atoms with van der Waals surface area (Å²) in [4.78, 5) is 16.9. The Hall–Kier alpha value is -3.25. The molecule has 0 saturated carbocycles. The van der Waals surface area contributed by atoms with E-state index in [1.807, 2.05) is 25.4 Å². The van der Waals surface area contributed by atoms with E-state index >= 15 is 0 Å². The van der Waals surface area contributed by atoms with E-state index in [9.17, 15) is 4.79 Å². The van der Waals surface area contributed by atoms with Crippen LogP contribution in [0.15, 0.2) is 66.0 Å². The molecule has 0 saturated heterocycles. The monoisotopic (exact) mass is 388 g/mol. The second-order valence-electron chi connectivity index (χ2n) is 6.65. The van der Waals surface area contributed by atoms with Crippen LogP contribution in [0.1, 0.15) is 27.3 Å². The number of thiazole rings is 1. The van der Waals surface area contributed by atoms with Gasteiger partial charge in [-0.15, -0.1) is 11.3 Å². The summed E-state index contributed by atoms with van der Waals surface area (Å²) in [6.07, 6.45) is 0.906. The molecule has 5 nitrogen and oxygen atoms in total. The standard InChI is InChI=1S/C22H20N4OS/c1-15-12-19(25-26(15)2)21(27)24-22-23-20(14-28-22)18-10-8-17(9-11-18)13-16-6-4-3-5-7-16/h3-12,14H,13H2,1-2H3,(H,23,24,27). The Morgan fingerprint density at radius 1 is 1.07 bits per heavy atom. The molecule has 0 atom stereocenters. The summed E-state index contributed by atoms with van der Waals surface area (Å²) in [5, 5.41) is 9.54. The predicted octanol–water partition coefficient (Wildman–Crippen LogP) is 4.70. The fourth-order valence-corrected chi connectivity index (χ4v) is 3.64. The van der Waals surface area contributed by atoms with E-state index in [0.717, 1.165) is 23.4 Å². The van der Waals surface area contributed by atoms with E-state index in [1.165, 1.54) is 22.5 Å². The van der Waals surface area contributed by atoms with E-state index in [-0.39, 0.29) is 5.91 Å². The van der Waals surface area contributed by atoms with Gasteiger partial charge in [-0.3, -0.25) is 14.8 Å². The highest BCUT2D eigenvalue weighted by atomic mass is 32.1. The molecule has 4 aromatic rings. The molecule has 2 aromatic heterocycles. The third-order valence-corrected chi connectivity index (χ3v) is 5.33. The second-order valence-corrected chi connectivity index (χ2v) is 7.50. The van der Waals surface area contributed by atoms with Crippen molar-refractivity contribution in [2.24, 2.45) is 7.05 Å². The number of hydrogen-bond acceptors (Lipinski definition) is 4. The first-order valence-electron chi connectivity index (χ1n) is 8.99. The molecule has 1 amide bonds. The number of amides is 1. The van der Waals surface area contributed by atoms with Crippen LogP contribution in [0.2, 0.25) is 0 Å². The number of aromatic nitrogens is 3. The SMILES string of the molecule is Cc1cc(C(=O)Nc2nc(-c3ccc(Cc4ccccc4)cc3)cs2)nn1C. The molecule has 0 aliphatic heterocycles. The maximum atomic E-state index is 12.3. The first-order chi connectivity index (χ1) is 13.6. The largest absolute Gasteiger partial charge is 0.296 e. The zero-order valence-electron chi connectivity index (χ0n) is 15.7. The number of aryl methyl sites for hydroxylation is 2. The van der Waals surface area contributed by atoms with Crippen LogP contribution in [0.4, 0.5) is 5.13 Å². The number of benzene rings is 2. The third kappa shape index (κ3) is 4.02. The van der Waals surface area contributed by atoms with Gasteiger partial charge in [0.2, 0.25) is 0 Å². The number of nitrogens with one attached hydrogen (secondary N) is 1. The van der Waals surface area contributed by atoms with Crippen LogP contribution in [0.25, 0.3) is 11.3 Å². The lowest BCUT2D eigenvalue weighted by molar-refractivity contribution is 0.102. The first-order valence-corrected chi connectivity index (χ1v) is 9.87. The maximum absolute atomic E-state index is 12.3. The van der Waals surface area contributed by atoms with Gasteiger partial charge in [0.1, 0.15) is 0 Å². The van der Waals surface area contributed by atoms with E-state index in [0.29, 0.717) is 10.8 Å². The molecule has 2 aromatic carbocycles. The van der Waals surface area contributed by atoms with Crippen molar-refractivity contribution < 1.29 is 4.79 Å². The summed E-state index contributed by atoms with van der Waals surface area (Å²) >= 11 is 1.41. The average molecular weight is 388 g/mol. The Labute approximate surface area is 167 Å². The number of hydrogen-bond donors (Lipinski definition) is 1. The molecule has 0 spiro atoms. The Morgan fingerprint density at radius 2 is 1.79 bits per heavy atom. The summed E-state index contributed by atoms with van der Waals surface area (Å²) in [5.74, 6) is -0.247. The zero-order chi connectivity index (χ0) is 19.5. The van der Waals surface area contributed by atoms with Crippen LogP contribution in [0.3, 0.4) is 0 Å². The van der Waals surface area contributed by atoms with E-state index in [1.54, 1.807) is 10.7 Å². The van der Waals surface area contributed by atoms with E-state index in [2.05, 4.69) is 63.9 Å². The van der Waals surface area contributed by atoms with E-state index in [4.69, 9.17) is 0 Å². The van der Waals surface area contributed by atoms with Crippen molar-refractivity contribution >= 4 is 22.4 Å². The number of carbonyl (C=O) groups is 1. The van der Waals surface area contributed by atoms with Gasteiger partial charge in [0.15, 0.2) is 10.8 Å². The quantitative estimate of drug-likeness (QED) is 0.539. The van der Waals surface area contributed by atoms with Gasteiger partial charge >= 0.3 is 0 Å². The molecular formula is C22H20N4OS. The third-order valence-electron chi connectivity index (χ3n) is 4.57. The van der Waals surface area contributed by atoms with E-state index < -0.39 is 0 Å². The summed E-state index contributed by atoms with van der Waals surface area (Å²) in [7, 11) is 1.81. The molecule has 0 fully saturated rings. The Morgan fingerprint density at radius 3 is 2.46 bits per heavy atom.